The summed E-state index contributed by atoms with van der Waals surface area (Å²) in [5, 5.41) is 0. The molecule has 3 heteroatoms. The van der Waals surface area contributed by atoms with Crippen LogP contribution in [0.4, 0.5) is 0 Å². The Morgan fingerprint density at radius 1 is 1.29 bits per heavy atom. The topological polar surface area (TPSA) is 41.8 Å². The van der Waals surface area contributed by atoms with Crippen molar-refractivity contribution in [2.75, 3.05) is 0 Å². The first-order valence-corrected chi connectivity index (χ1v) is 5.58. The molecule has 1 aromatic rings. The highest BCUT2D eigenvalue weighted by Gasteiger charge is 2.15. The number of nitrogens with one attached hydrogen (secondary N) is 1. The Labute approximate surface area is 89.5 Å². The number of H-pyrrole nitrogens is 1. The molecule has 0 bridgehead atoms. The number of rotatable bonds is 1. The van der Waals surface area contributed by atoms with Crippen LogP contribution in [0.1, 0.15) is 35.2 Å². The van der Waals surface area contributed by atoms with Crippen molar-refractivity contribution in [2.24, 2.45) is 5.73 Å². The van der Waals surface area contributed by atoms with Crippen molar-refractivity contribution in [1.29, 1.82) is 0 Å². The van der Waals surface area contributed by atoms with Gasteiger partial charge in [-0.05, 0) is 43.7 Å². The number of hydrogen-bond donors (Lipinski definition) is 2. The lowest BCUT2D eigenvalue weighted by molar-refractivity contribution is 0.667. The summed E-state index contributed by atoms with van der Waals surface area (Å²) < 4.78 is 0.839. The fourth-order valence-electron chi connectivity index (χ4n) is 2.33. The summed E-state index contributed by atoms with van der Waals surface area (Å²) >= 11 is 5.29. The Hall–Kier alpha value is -0.670. The number of hydrogen-bond acceptors (Lipinski definition) is 2. The molecule has 3 N–H and O–H groups in total. The lowest BCUT2D eigenvalue weighted by Crippen LogP contribution is -2.13. The fourth-order valence-corrected chi connectivity index (χ4v) is 2.69. The van der Waals surface area contributed by atoms with Gasteiger partial charge in [-0.3, -0.25) is 0 Å². The largest absolute Gasteiger partial charge is 0.350 e. The zero-order valence-electron chi connectivity index (χ0n) is 8.52. The van der Waals surface area contributed by atoms with Crippen LogP contribution in [0.5, 0.6) is 0 Å². The maximum atomic E-state index is 5.74. The van der Waals surface area contributed by atoms with Crippen LogP contribution in [0.25, 0.3) is 0 Å². The molecule has 0 spiro atoms. The predicted octanol–water partition coefficient (Wildman–Crippen LogP) is 2.39. The molecule has 2 rings (SSSR count). The average Bonchev–Trinajstić information content (AvgIpc) is 2.18. The second-order valence-corrected chi connectivity index (χ2v) is 4.33. The highest BCUT2D eigenvalue weighted by atomic mass is 32.1. The first-order chi connectivity index (χ1) is 6.74. The molecule has 0 amide bonds. The van der Waals surface area contributed by atoms with Gasteiger partial charge in [0.2, 0.25) is 0 Å². The minimum atomic E-state index is 0.567. The summed E-state index contributed by atoms with van der Waals surface area (Å²) in [6.07, 6.45) is 4.90. The standard InChI is InChI=1S/C11H16N2S/c1-7-8-4-2-3-5-9(8)10(6-12)11(14)13-7/h2-6,12H2,1H3,(H,13,14). The van der Waals surface area contributed by atoms with E-state index >= 15 is 0 Å². The van der Waals surface area contributed by atoms with Crippen LogP contribution in [-0.4, -0.2) is 4.98 Å². The molecule has 0 fully saturated rings. The van der Waals surface area contributed by atoms with E-state index in [1.54, 1.807) is 0 Å². The first kappa shape index (κ1) is 9.87. The van der Waals surface area contributed by atoms with Gasteiger partial charge in [0.25, 0.3) is 0 Å². The third kappa shape index (κ3) is 1.51. The summed E-state index contributed by atoms with van der Waals surface area (Å²) in [6.45, 7) is 2.68. The molecule has 0 saturated carbocycles. The molecule has 1 aliphatic carbocycles. The van der Waals surface area contributed by atoms with Gasteiger partial charge >= 0.3 is 0 Å². The monoisotopic (exact) mass is 208 g/mol. The van der Waals surface area contributed by atoms with Gasteiger partial charge in [-0.1, -0.05) is 12.2 Å². The number of aromatic nitrogens is 1. The van der Waals surface area contributed by atoms with E-state index in [0.717, 1.165) is 11.1 Å². The SMILES string of the molecule is Cc1[nH]c(=S)c(CN)c2c1CCCC2. The molecule has 1 aliphatic rings. The van der Waals surface area contributed by atoms with Crippen LogP contribution in [0.3, 0.4) is 0 Å². The van der Waals surface area contributed by atoms with E-state index in [1.807, 2.05) is 0 Å². The molecule has 76 valence electrons. The van der Waals surface area contributed by atoms with Gasteiger partial charge in [-0.25, -0.2) is 0 Å². The predicted molar refractivity (Wildman–Crippen MR) is 60.9 cm³/mol. The van der Waals surface area contributed by atoms with Gasteiger partial charge in [-0.2, -0.15) is 0 Å². The summed E-state index contributed by atoms with van der Waals surface area (Å²) in [5.74, 6) is 0. The summed E-state index contributed by atoms with van der Waals surface area (Å²) in [4.78, 5) is 3.25. The molecule has 0 saturated heterocycles. The number of aryl methyl sites for hydroxylation is 1. The molecular formula is C11H16N2S. The van der Waals surface area contributed by atoms with Crippen molar-refractivity contribution < 1.29 is 0 Å². The lowest BCUT2D eigenvalue weighted by atomic mass is 9.88. The zero-order chi connectivity index (χ0) is 10.1. The summed E-state index contributed by atoms with van der Waals surface area (Å²) in [5.41, 5.74) is 11.0. The zero-order valence-corrected chi connectivity index (χ0v) is 9.34. The molecule has 0 aliphatic heterocycles. The maximum Gasteiger partial charge on any atom is 0.108 e. The van der Waals surface area contributed by atoms with E-state index in [-0.39, 0.29) is 0 Å². The van der Waals surface area contributed by atoms with Crippen molar-refractivity contribution in [3.05, 3.63) is 27.0 Å². The molecule has 0 atom stereocenters. The Bertz CT molecular complexity index is 406. The van der Waals surface area contributed by atoms with Crippen LogP contribution in [0.15, 0.2) is 0 Å². The summed E-state index contributed by atoms with van der Waals surface area (Å²) in [7, 11) is 0. The van der Waals surface area contributed by atoms with Gasteiger partial charge in [0.15, 0.2) is 0 Å². The van der Waals surface area contributed by atoms with E-state index < -0.39 is 0 Å². The Kier molecular flexibility index (Phi) is 2.70. The van der Waals surface area contributed by atoms with E-state index in [4.69, 9.17) is 18.0 Å². The second kappa shape index (κ2) is 3.83. The molecule has 14 heavy (non-hydrogen) atoms. The highest BCUT2D eigenvalue weighted by Crippen LogP contribution is 2.26. The van der Waals surface area contributed by atoms with Crippen LogP contribution < -0.4 is 5.73 Å². The molecule has 0 aromatic carbocycles. The van der Waals surface area contributed by atoms with Crippen molar-refractivity contribution in [3.8, 4) is 0 Å². The fraction of sp³-hybridized carbons (Fsp3) is 0.545. The Balaban J connectivity index is 2.67. The Morgan fingerprint density at radius 3 is 2.57 bits per heavy atom. The van der Waals surface area contributed by atoms with Crippen molar-refractivity contribution >= 4 is 12.2 Å². The van der Waals surface area contributed by atoms with Gasteiger partial charge < -0.3 is 10.7 Å². The first-order valence-electron chi connectivity index (χ1n) is 5.17. The van der Waals surface area contributed by atoms with Crippen molar-refractivity contribution in [3.63, 3.8) is 0 Å². The van der Waals surface area contributed by atoms with Gasteiger partial charge in [-0.15, -0.1) is 0 Å². The number of fused-ring (bicyclic) bond motifs is 1. The van der Waals surface area contributed by atoms with Crippen LogP contribution in [0, 0.1) is 11.6 Å². The molecule has 1 heterocycles. The van der Waals surface area contributed by atoms with E-state index in [0.29, 0.717) is 6.54 Å². The van der Waals surface area contributed by atoms with Crippen molar-refractivity contribution in [2.45, 2.75) is 39.2 Å². The number of nitrogens with two attached hydrogens (primary N) is 1. The van der Waals surface area contributed by atoms with Gasteiger partial charge in [0.05, 0.1) is 0 Å². The minimum absolute atomic E-state index is 0.567. The van der Waals surface area contributed by atoms with Crippen LogP contribution in [-0.2, 0) is 19.4 Å². The highest BCUT2D eigenvalue weighted by molar-refractivity contribution is 7.71. The van der Waals surface area contributed by atoms with Crippen LogP contribution >= 0.6 is 12.2 Å². The van der Waals surface area contributed by atoms with E-state index in [1.165, 1.54) is 41.6 Å². The van der Waals surface area contributed by atoms with Crippen molar-refractivity contribution in [1.82, 2.24) is 4.98 Å². The van der Waals surface area contributed by atoms with Gasteiger partial charge in [0, 0.05) is 17.8 Å². The Morgan fingerprint density at radius 2 is 1.93 bits per heavy atom. The lowest BCUT2D eigenvalue weighted by Gasteiger charge is -2.21. The van der Waals surface area contributed by atoms with Crippen LogP contribution in [0.2, 0.25) is 0 Å². The quantitative estimate of drug-likeness (QED) is 0.696. The minimum Gasteiger partial charge on any atom is -0.350 e. The van der Waals surface area contributed by atoms with Gasteiger partial charge in [0.1, 0.15) is 4.64 Å². The maximum absolute atomic E-state index is 5.74. The number of aromatic amines is 1. The molecule has 1 aromatic heterocycles. The molecule has 2 nitrogen and oxygen atoms in total. The molecule has 0 unspecified atom stereocenters. The number of pyridine rings is 1. The molecular weight excluding hydrogens is 192 g/mol. The molecule has 0 radical (unpaired) electrons. The third-order valence-electron chi connectivity index (χ3n) is 3.06. The van der Waals surface area contributed by atoms with E-state index in [9.17, 15) is 0 Å². The summed E-state index contributed by atoms with van der Waals surface area (Å²) in [6, 6.07) is 0. The second-order valence-electron chi connectivity index (χ2n) is 3.93. The average molecular weight is 208 g/mol. The third-order valence-corrected chi connectivity index (χ3v) is 3.41. The van der Waals surface area contributed by atoms with E-state index in [2.05, 4.69) is 11.9 Å². The normalized spacial score (nSPS) is 15.3. The smallest absolute Gasteiger partial charge is 0.108 e.